The average Bonchev–Trinajstić information content (AvgIpc) is 3.11. The minimum atomic E-state index is -0.686. The first-order valence-electron chi connectivity index (χ1n) is 9.07. The van der Waals surface area contributed by atoms with Crippen LogP contribution < -0.4 is 10.1 Å². The van der Waals surface area contributed by atoms with Crippen molar-refractivity contribution in [3.63, 3.8) is 0 Å². The van der Waals surface area contributed by atoms with Gasteiger partial charge in [0.15, 0.2) is 0 Å². The van der Waals surface area contributed by atoms with E-state index in [4.69, 9.17) is 16.3 Å². The van der Waals surface area contributed by atoms with Crippen LogP contribution in [-0.4, -0.2) is 28.3 Å². The van der Waals surface area contributed by atoms with E-state index in [0.29, 0.717) is 5.15 Å². The molecule has 142 valence electrons. The van der Waals surface area contributed by atoms with Crippen LogP contribution in [0.1, 0.15) is 36.6 Å². The number of aliphatic hydroxyl groups excluding tert-OH is 1. The van der Waals surface area contributed by atoms with Crippen LogP contribution in [0.25, 0.3) is 10.9 Å². The molecule has 0 saturated heterocycles. The Labute approximate surface area is 168 Å². The van der Waals surface area contributed by atoms with Gasteiger partial charge in [0, 0.05) is 10.9 Å². The molecule has 2 aromatic heterocycles. The SMILES string of the molecule is Cc1cc(Cl)nc2cc3c(cc12)OC(C)(C)C(O)C3NCCc1ccsc1. The van der Waals surface area contributed by atoms with Crippen LogP contribution in [-0.2, 0) is 6.42 Å². The fourth-order valence-corrected chi connectivity index (χ4v) is 4.63. The number of hydrogen-bond acceptors (Lipinski definition) is 5. The quantitative estimate of drug-likeness (QED) is 0.623. The van der Waals surface area contributed by atoms with Crippen LogP contribution in [0, 0.1) is 6.92 Å². The summed E-state index contributed by atoms with van der Waals surface area (Å²) in [5.74, 6) is 0.790. The lowest BCUT2D eigenvalue weighted by atomic mass is 9.85. The number of nitrogens with one attached hydrogen (secondary N) is 1. The van der Waals surface area contributed by atoms with Crippen LogP contribution >= 0.6 is 22.9 Å². The molecule has 1 aliphatic rings. The number of pyridine rings is 1. The number of aryl methyl sites for hydroxylation is 1. The minimum absolute atomic E-state index is 0.229. The Kier molecular flexibility index (Phi) is 4.89. The average molecular weight is 403 g/mol. The summed E-state index contributed by atoms with van der Waals surface area (Å²) >= 11 is 7.85. The molecule has 1 aliphatic heterocycles. The zero-order valence-corrected chi connectivity index (χ0v) is 17.2. The normalized spacial score (nSPS) is 21.1. The zero-order chi connectivity index (χ0) is 19.2. The molecule has 1 aromatic carbocycles. The first kappa shape index (κ1) is 18.7. The van der Waals surface area contributed by atoms with E-state index >= 15 is 0 Å². The molecule has 6 heteroatoms. The van der Waals surface area contributed by atoms with Crippen molar-refractivity contribution in [3.8, 4) is 5.75 Å². The minimum Gasteiger partial charge on any atom is -0.485 e. The van der Waals surface area contributed by atoms with Crippen molar-refractivity contribution in [1.82, 2.24) is 10.3 Å². The third-order valence-corrected chi connectivity index (χ3v) is 6.14. The number of rotatable bonds is 4. The second kappa shape index (κ2) is 7.06. The van der Waals surface area contributed by atoms with E-state index in [0.717, 1.165) is 40.7 Å². The Morgan fingerprint density at radius 2 is 2.15 bits per heavy atom. The second-order valence-electron chi connectivity index (χ2n) is 7.63. The van der Waals surface area contributed by atoms with E-state index in [1.54, 1.807) is 11.3 Å². The van der Waals surface area contributed by atoms with E-state index < -0.39 is 11.7 Å². The third-order valence-electron chi connectivity index (χ3n) is 5.21. The summed E-state index contributed by atoms with van der Waals surface area (Å²) in [5, 5.41) is 20.2. The summed E-state index contributed by atoms with van der Waals surface area (Å²) < 4.78 is 6.16. The smallest absolute Gasteiger partial charge is 0.131 e. The fourth-order valence-electron chi connectivity index (χ4n) is 3.67. The Morgan fingerprint density at radius 3 is 2.89 bits per heavy atom. The first-order valence-corrected chi connectivity index (χ1v) is 10.4. The van der Waals surface area contributed by atoms with Crippen LogP contribution in [0.3, 0.4) is 0 Å². The molecule has 4 nitrogen and oxygen atoms in total. The van der Waals surface area contributed by atoms with Gasteiger partial charge in [-0.15, -0.1) is 0 Å². The van der Waals surface area contributed by atoms with Gasteiger partial charge in [0.1, 0.15) is 22.6 Å². The number of hydrogen-bond donors (Lipinski definition) is 2. The van der Waals surface area contributed by atoms with Gasteiger partial charge in [0.05, 0.1) is 11.6 Å². The van der Waals surface area contributed by atoms with Crippen molar-refractivity contribution in [3.05, 3.63) is 56.9 Å². The molecular formula is C21H23ClN2O2S. The molecule has 3 heterocycles. The van der Waals surface area contributed by atoms with Gasteiger partial charge in [0.25, 0.3) is 0 Å². The van der Waals surface area contributed by atoms with Gasteiger partial charge in [0.2, 0.25) is 0 Å². The van der Waals surface area contributed by atoms with E-state index in [-0.39, 0.29) is 6.04 Å². The van der Waals surface area contributed by atoms with Crippen LogP contribution in [0.15, 0.2) is 35.0 Å². The third kappa shape index (κ3) is 3.57. The molecule has 2 unspecified atom stereocenters. The molecular weight excluding hydrogens is 380 g/mol. The number of thiophene rings is 1. The lowest BCUT2D eigenvalue weighted by Crippen LogP contribution is -2.52. The monoisotopic (exact) mass is 402 g/mol. The highest BCUT2D eigenvalue weighted by molar-refractivity contribution is 7.07. The predicted molar refractivity (Wildman–Crippen MR) is 111 cm³/mol. The highest BCUT2D eigenvalue weighted by Gasteiger charge is 2.42. The van der Waals surface area contributed by atoms with Gasteiger partial charge in [-0.25, -0.2) is 4.98 Å². The summed E-state index contributed by atoms with van der Waals surface area (Å²) in [6, 6.07) is 7.77. The summed E-state index contributed by atoms with van der Waals surface area (Å²) in [6.07, 6.45) is 0.241. The molecule has 0 fully saturated rings. The number of ether oxygens (including phenoxy) is 1. The topological polar surface area (TPSA) is 54.4 Å². The zero-order valence-electron chi connectivity index (χ0n) is 15.6. The van der Waals surface area contributed by atoms with Gasteiger partial charge < -0.3 is 15.2 Å². The van der Waals surface area contributed by atoms with Crippen molar-refractivity contribution in [2.24, 2.45) is 0 Å². The van der Waals surface area contributed by atoms with Crippen molar-refractivity contribution < 1.29 is 9.84 Å². The molecule has 0 aliphatic carbocycles. The van der Waals surface area contributed by atoms with Gasteiger partial charge in [-0.3, -0.25) is 0 Å². The molecule has 27 heavy (non-hydrogen) atoms. The molecule has 0 spiro atoms. The number of aliphatic hydroxyl groups is 1. The Balaban J connectivity index is 1.71. The Bertz CT molecular complexity index is 972. The van der Waals surface area contributed by atoms with E-state index in [1.165, 1.54) is 5.56 Å². The lowest BCUT2D eigenvalue weighted by molar-refractivity contribution is -0.0642. The van der Waals surface area contributed by atoms with E-state index in [1.807, 2.05) is 39.0 Å². The van der Waals surface area contributed by atoms with Crippen molar-refractivity contribution in [2.45, 2.75) is 44.9 Å². The van der Waals surface area contributed by atoms with Gasteiger partial charge in [-0.1, -0.05) is 11.6 Å². The van der Waals surface area contributed by atoms with Crippen LogP contribution in [0.5, 0.6) is 5.75 Å². The van der Waals surface area contributed by atoms with Gasteiger partial charge in [-0.05, 0) is 79.9 Å². The maximum absolute atomic E-state index is 11.0. The van der Waals surface area contributed by atoms with Crippen molar-refractivity contribution >= 4 is 33.8 Å². The molecule has 2 N–H and O–H groups in total. The largest absolute Gasteiger partial charge is 0.485 e. The maximum atomic E-state index is 11.0. The summed E-state index contributed by atoms with van der Waals surface area (Å²) in [7, 11) is 0. The van der Waals surface area contributed by atoms with E-state index in [2.05, 4.69) is 27.1 Å². The molecule has 3 aromatic rings. The van der Waals surface area contributed by atoms with Crippen LogP contribution in [0.4, 0.5) is 0 Å². The first-order chi connectivity index (χ1) is 12.8. The summed E-state index contributed by atoms with van der Waals surface area (Å²) in [4.78, 5) is 4.46. The number of benzene rings is 1. The van der Waals surface area contributed by atoms with Gasteiger partial charge in [-0.2, -0.15) is 11.3 Å². The second-order valence-corrected chi connectivity index (χ2v) is 8.80. The number of aromatic nitrogens is 1. The summed E-state index contributed by atoms with van der Waals surface area (Å²) in [5.41, 5.74) is 3.42. The fraction of sp³-hybridized carbons (Fsp3) is 0.381. The predicted octanol–water partition coefficient (Wildman–Crippen LogP) is 4.66. The number of nitrogens with zero attached hydrogens (tertiary/aromatic N) is 1. The highest BCUT2D eigenvalue weighted by atomic mass is 35.5. The molecule has 2 atom stereocenters. The molecule has 0 bridgehead atoms. The molecule has 0 radical (unpaired) electrons. The molecule has 0 saturated carbocycles. The van der Waals surface area contributed by atoms with E-state index in [9.17, 15) is 5.11 Å². The maximum Gasteiger partial charge on any atom is 0.131 e. The lowest BCUT2D eigenvalue weighted by Gasteiger charge is -2.42. The number of halogens is 1. The van der Waals surface area contributed by atoms with Crippen LogP contribution in [0.2, 0.25) is 5.15 Å². The number of fused-ring (bicyclic) bond motifs is 2. The Morgan fingerprint density at radius 1 is 1.33 bits per heavy atom. The van der Waals surface area contributed by atoms with Gasteiger partial charge >= 0.3 is 0 Å². The standard InChI is InChI=1S/C21H23ClN2O2S/c1-12-8-18(22)24-16-9-15-17(10-14(12)16)26-21(2,3)20(25)19(15)23-6-4-13-5-7-27-11-13/h5,7-11,19-20,23,25H,4,6H2,1-3H3. The van der Waals surface area contributed by atoms with Crippen molar-refractivity contribution in [2.75, 3.05) is 6.54 Å². The Hall–Kier alpha value is -1.66. The summed E-state index contributed by atoms with van der Waals surface area (Å²) in [6.45, 7) is 6.63. The van der Waals surface area contributed by atoms with Crippen molar-refractivity contribution in [1.29, 1.82) is 0 Å². The molecule has 0 amide bonds. The highest BCUT2D eigenvalue weighted by Crippen LogP contribution is 2.42. The molecule has 4 rings (SSSR count).